The molecule has 1 aromatic carbocycles. The van der Waals surface area contributed by atoms with Crippen molar-refractivity contribution in [1.82, 2.24) is 4.90 Å². The summed E-state index contributed by atoms with van der Waals surface area (Å²) in [4.78, 5) is 14.4. The minimum Gasteiger partial charge on any atom is -0.334 e. The Kier molecular flexibility index (Phi) is 4.06. The fourth-order valence-corrected chi connectivity index (χ4v) is 2.78. The van der Waals surface area contributed by atoms with Gasteiger partial charge < -0.3 is 4.90 Å². The first kappa shape index (κ1) is 12.4. The molecule has 0 N–H and O–H groups in total. The molecule has 1 aliphatic heterocycles. The van der Waals surface area contributed by atoms with Gasteiger partial charge >= 0.3 is 0 Å². The molecule has 0 radical (unpaired) electrons. The molecule has 1 atom stereocenters. The molecule has 1 amide bonds. The SMILES string of the molecule is CCc1ccccc1C(=O)N1CCCC1CCl. The standard InChI is InChI=1S/C14H18ClNO/c1-2-11-6-3-4-8-13(11)14(17)16-9-5-7-12(16)10-15/h3-4,6,8,12H,2,5,7,9-10H2,1H3. The number of rotatable bonds is 3. The van der Waals surface area contributed by atoms with Crippen LogP contribution in [-0.2, 0) is 6.42 Å². The highest BCUT2D eigenvalue weighted by atomic mass is 35.5. The molecule has 2 rings (SSSR count). The quantitative estimate of drug-likeness (QED) is 0.756. The Morgan fingerprint density at radius 1 is 1.47 bits per heavy atom. The van der Waals surface area contributed by atoms with Gasteiger partial charge in [-0.1, -0.05) is 25.1 Å². The number of alkyl halides is 1. The lowest BCUT2D eigenvalue weighted by Gasteiger charge is -2.24. The minimum atomic E-state index is 0.144. The van der Waals surface area contributed by atoms with E-state index in [4.69, 9.17) is 11.6 Å². The van der Waals surface area contributed by atoms with E-state index in [0.717, 1.165) is 36.9 Å². The molecule has 1 heterocycles. The van der Waals surface area contributed by atoms with Crippen molar-refractivity contribution in [2.75, 3.05) is 12.4 Å². The van der Waals surface area contributed by atoms with Gasteiger partial charge in [-0.3, -0.25) is 4.79 Å². The molecule has 0 saturated carbocycles. The van der Waals surface area contributed by atoms with Crippen LogP contribution in [0.25, 0.3) is 0 Å². The van der Waals surface area contributed by atoms with E-state index < -0.39 is 0 Å². The van der Waals surface area contributed by atoms with E-state index in [-0.39, 0.29) is 11.9 Å². The van der Waals surface area contributed by atoms with Crippen molar-refractivity contribution in [2.24, 2.45) is 0 Å². The Bertz CT molecular complexity index is 405. The molecule has 1 fully saturated rings. The molecule has 0 spiro atoms. The largest absolute Gasteiger partial charge is 0.334 e. The molecule has 1 aliphatic rings. The third-order valence-corrected chi connectivity index (χ3v) is 3.80. The lowest BCUT2D eigenvalue weighted by Crippen LogP contribution is -2.37. The van der Waals surface area contributed by atoms with Crippen molar-refractivity contribution in [3.63, 3.8) is 0 Å². The van der Waals surface area contributed by atoms with Crippen LogP contribution in [0.15, 0.2) is 24.3 Å². The fourth-order valence-electron chi connectivity index (χ4n) is 2.46. The Labute approximate surface area is 108 Å². The number of halogens is 1. The lowest BCUT2D eigenvalue weighted by molar-refractivity contribution is 0.0748. The third kappa shape index (κ3) is 2.47. The van der Waals surface area contributed by atoms with Gasteiger partial charge in [0, 0.05) is 24.0 Å². The van der Waals surface area contributed by atoms with E-state index >= 15 is 0 Å². The maximum atomic E-state index is 12.5. The molecule has 1 saturated heterocycles. The first-order valence-electron chi connectivity index (χ1n) is 6.22. The smallest absolute Gasteiger partial charge is 0.254 e. The summed E-state index contributed by atoms with van der Waals surface area (Å²) in [6.45, 7) is 2.92. The maximum Gasteiger partial charge on any atom is 0.254 e. The first-order valence-corrected chi connectivity index (χ1v) is 6.76. The predicted octanol–water partition coefficient (Wildman–Crippen LogP) is 3.09. The van der Waals surface area contributed by atoms with E-state index in [2.05, 4.69) is 6.92 Å². The first-order chi connectivity index (χ1) is 8.27. The number of hydrogen-bond acceptors (Lipinski definition) is 1. The Morgan fingerprint density at radius 3 is 2.94 bits per heavy atom. The Morgan fingerprint density at radius 2 is 2.24 bits per heavy atom. The predicted molar refractivity (Wildman–Crippen MR) is 70.6 cm³/mol. The van der Waals surface area contributed by atoms with Crippen LogP contribution in [0.3, 0.4) is 0 Å². The second-order valence-corrected chi connectivity index (χ2v) is 4.77. The average molecular weight is 252 g/mol. The van der Waals surface area contributed by atoms with Crippen LogP contribution in [0.4, 0.5) is 0 Å². The summed E-state index contributed by atoms with van der Waals surface area (Å²) < 4.78 is 0. The van der Waals surface area contributed by atoms with Crippen LogP contribution >= 0.6 is 11.6 Å². The van der Waals surface area contributed by atoms with E-state index in [1.807, 2.05) is 29.2 Å². The summed E-state index contributed by atoms with van der Waals surface area (Å²) >= 11 is 5.91. The average Bonchev–Trinajstić information content (AvgIpc) is 2.86. The van der Waals surface area contributed by atoms with Crippen LogP contribution in [0.2, 0.25) is 0 Å². The van der Waals surface area contributed by atoms with Gasteiger partial charge in [0.1, 0.15) is 0 Å². The number of likely N-dealkylation sites (tertiary alicyclic amines) is 1. The number of aryl methyl sites for hydroxylation is 1. The van der Waals surface area contributed by atoms with Gasteiger partial charge in [0.25, 0.3) is 5.91 Å². The summed E-state index contributed by atoms with van der Waals surface area (Å²) in [5.41, 5.74) is 1.96. The normalized spacial score (nSPS) is 19.6. The third-order valence-electron chi connectivity index (χ3n) is 3.44. The fraction of sp³-hybridized carbons (Fsp3) is 0.500. The highest BCUT2D eigenvalue weighted by Crippen LogP contribution is 2.22. The van der Waals surface area contributed by atoms with Crippen molar-refractivity contribution in [2.45, 2.75) is 32.2 Å². The van der Waals surface area contributed by atoms with Crippen molar-refractivity contribution in [3.8, 4) is 0 Å². The van der Waals surface area contributed by atoms with Gasteiger partial charge in [0.15, 0.2) is 0 Å². The van der Waals surface area contributed by atoms with Crippen molar-refractivity contribution in [1.29, 1.82) is 0 Å². The molecular formula is C14H18ClNO. The molecule has 0 aromatic heterocycles. The Balaban J connectivity index is 2.24. The van der Waals surface area contributed by atoms with Crippen molar-refractivity contribution in [3.05, 3.63) is 35.4 Å². The summed E-state index contributed by atoms with van der Waals surface area (Å²) in [5, 5.41) is 0. The molecule has 1 unspecified atom stereocenters. The van der Waals surface area contributed by atoms with Gasteiger partial charge in [-0.15, -0.1) is 11.6 Å². The number of amides is 1. The molecule has 2 nitrogen and oxygen atoms in total. The highest BCUT2D eigenvalue weighted by Gasteiger charge is 2.29. The molecule has 0 bridgehead atoms. The van der Waals surface area contributed by atoms with Crippen LogP contribution in [0.5, 0.6) is 0 Å². The molecule has 3 heteroatoms. The van der Waals surface area contributed by atoms with Crippen LogP contribution in [0.1, 0.15) is 35.7 Å². The number of benzene rings is 1. The molecule has 1 aromatic rings. The van der Waals surface area contributed by atoms with E-state index in [1.165, 1.54) is 0 Å². The summed E-state index contributed by atoms with van der Waals surface area (Å²) in [7, 11) is 0. The number of carbonyl (C=O) groups is 1. The number of hydrogen-bond donors (Lipinski definition) is 0. The maximum absolute atomic E-state index is 12.5. The van der Waals surface area contributed by atoms with Crippen LogP contribution in [0, 0.1) is 0 Å². The second kappa shape index (κ2) is 5.54. The van der Waals surface area contributed by atoms with E-state index in [9.17, 15) is 4.79 Å². The molecular weight excluding hydrogens is 234 g/mol. The van der Waals surface area contributed by atoms with Gasteiger partial charge in [-0.05, 0) is 30.9 Å². The molecule has 0 aliphatic carbocycles. The highest BCUT2D eigenvalue weighted by molar-refractivity contribution is 6.18. The van der Waals surface area contributed by atoms with Gasteiger partial charge in [-0.2, -0.15) is 0 Å². The lowest BCUT2D eigenvalue weighted by atomic mass is 10.0. The Hall–Kier alpha value is -1.02. The van der Waals surface area contributed by atoms with Gasteiger partial charge in [0.05, 0.1) is 0 Å². The minimum absolute atomic E-state index is 0.144. The van der Waals surface area contributed by atoms with Crippen molar-refractivity contribution < 1.29 is 4.79 Å². The summed E-state index contributed by atoms with van der Waals surface area (Å²) in [6, 6.07) is 8.08. The van der Waals surface area contributed by atoms with Crippen LogP contribution < -0.4 is 0 Å². The van der Waals surface area contributed by atoms with E-state index in [0.29, 0.717) is 5.88 Å². The zero-order chi connectivity index (χ0) is 12.3. The number of carbonyl (C=O) groups excluding carboxylic acids is 1. The summed E-state index contributed by atoms with van der Waals surface area (Å²) in [5.74, 6) is 0.686. The second-order valence-electron chi connectivity index (χ2n) is 4.46. The van der Waals surface area contributed by atoms with Gasteiger partial charge in [0.2, 0.25) is 0 Å². The topological polar surface area (TPSA) is 20.3 Å². The van der Waals surface area contributed by atoms with Crippen molar-refractivity contribution >= 4 is 17.5 Å². The van der Waals surface area contributed by atoms with E-state index in [1.54, 1.807) is 0 Å². The van der Waals surface area contributed by atoms with Gasteiger partial charge in [-0.25, -0.2) is 0 Å². The molecule has 17 heavy (non-hydrogen) atoms. The van der Waals surface area contributed by atoms with Crippen LogP contribution in [-0.4, -0.2) is 29.3 Å². The summed E-state index contributed by atoms with van der Waals surface area (Å²) in [6.07, 6.45) is 2.99. The zero-order valence-corrected chi connectivity index (χ0v) is 10.9. The number of nitrogens with zero attached hydrogens (tertiary/aromatic N) is 1. The molecule has 92 valence electrons. The monoisotopic (exact) mass is 251 g/mol. The zero-order valence-electron chi connectivity index (χ0n) is 10.2.